The number of hydrogen-bond acceptors (Lipinski definition) is 0. The average molecular weight is 805 g/mol. The Hall–Kier alpha value is -5.73. The molecule has 2 nitrogen and oxygen atoms in total. The van der Waals surface area contributed by atoms with Gasteiger partial charge in [-0.15, -0.1) is 0 Å². The van der Waals surface area contributed by atoms with Crippen LogP contribution in [0.1, 0.15) is 105 Å². The molecule has 4 heterocycles. The maximum atomic E-state index is 2.65. The molecule has 0 N–H and O–H groups in total. The quantitative estimate of drug-likeness (QED) is 0.154. The smallest absolute Gasteiger partial charge is 0.246 e. The maximum absolute atomic E-state index is 2.65. The third kappa shape index (κ3) is 5.71. The van der Waals surface area contributed by atoms with E-state index in [1.807, 2.05) is 0 Å². The minimum Gasteiger partial charge on any atom is -0.310 e. The summed E-state index contributed by atoms with van der Waals surface area (Å²) in [6.45, 7) is 28.3. The fourth-order valence-corrected chi connectivity index (χ4v) is 10.9. The highest BCUT2D eigenvalue weighted by atomic mass is 15.0. The SMILES string of the molecule is CC(C)(C)c1ccc2c(c1)c1cc(C(C)(C)C)cc3c1n2-c1cc2c(cc1B3c1ccccc1)-n1c3ccc(C(C)(C)C)cc3c3cc(C(C)(C)C)cc(c31)B2c1ccccc1. The number of benzene rings is 7. The highest BCUT2D eigenvalue weighted by Crippen LogP contribution is 2.41. The van der Waals surface area contributed by atoms with E-state index >= 15 is 0 Å². The van der Waals surface area contributed by atoms with Gasteiger partial charge in [-0.25, -0.2) is 0 Å². The molecule has 0 amide bonds. The summed E-state index contributed by atoms with van der Waals surface area (Å²) >= 11 is 0. The largest absolute Gasteiger partial charge is 0.310 e. The van der Waals surface area contributed by atoms with Gasteiger partial charge in [-0.05, 0) is 114 Å². The van der Waals surface area contributed by atoms with Crippen LogP contribution in [-0.2, 0) is 21.7 Å². The lowest BCUT2D eigenvalue weighted by Crippen LogP contribution is -2.60. The van der Waals surface area contributed by atoms with Crippen LogP contribution in [-0.4, -0.2) is 22.6 Å². The van der Waals surface area contributed by atoms with Crippen molar-refractivity contribution in [1.29, 1.82) is 0 Å². The number of fused-ring (bicyclic) bond motifs is 10. The van der Waals surface area contributed by atoms with Gasteiger partial charge in [0.15, 0.2) is 0 Å². The van der Waals surface area contributed by atoms with E-state index in [2.05, 4.69) is 226 Å². The van der Waals surface area contributed by atoms with E-state index in [-0.39, 0.29) is 35.1 Å². The fraction of sp³-hybridized carbons (Fsp3) is 0.276. The number of rotatable bonds is 2. The standard InChI is InChI=1S/C58H58B2N2/c1-55(2,3)35-23-25-49-41(27-35)43-29-37(57(7,8)9)31-47-53(43)61(49)51-33-46-52(34-45(51)59(47)39-19-15-13-16-20-39)62-50-26-24-36(56(4,5)6)28-42(50)44-30-38(58(10,11)12)32-48(54(44)62)60(46)40-21-17-14-18-22-40/h13-34H,1-12H3. The molecule has 11 rings (SSSR count). The van der Waals surface area contributed by atoms with Crippen LogP contribution in [0.3, 0.4) is 0 Å². The summed E-state index contributed by atoms with van der Waals surface area (Å²) in [6.07, 6.45) is 0. The summed E-state index contributed by atoms with van der Waals surface area (Å²) in [5.41, 5.74) is 21.4. The zero-order chi connectivity index (χ0) is 43.4. The number of nitrogens with zero attached hydrogens (tertiary/aromatic N) is 2. The van der Waals surface area contributed by atoms with Crippen molar-refractivity contribution in [2.24, 2.45) is 0 Å². The van der Waals surface area contributed by atoms with Gasteiger partial charge in [0.1, 0.15) is 0 Å². The lowest BCUT2D eigenvalue weighted by atomic mass is 9.33. The van der Waals surface area contributed by atoms with E-state index in [0.717, 1.165) is 0 Å². The molecule has 0 saturated heterocycles. The van der Waals surface area contributed by atoms with Crippen LogP contribution in [0.25, 0.3) is 55.0 Å². The van der Waals surface area contributed by atoms with Gasteiger partial charge < -0.3 is 9.13 Å². The van der Waals surface area contributed by atoms with Crippen LogP contribution in [0, 0.1) is 0 Å². The summed E-state index contributed by atoms with van der Waals surface area (Å²) in [5, 5.41) is 5.38. The van der Waals surface area contributed by atoms with Crippen LogP contribution in [0.5, 0.6) is 0 Å². The second kappa shape index (κ2) is 12.9. The highest BCUT2D eigenvalue weighted by Gasteiger charge is 2.41. The van der Waals surface area contributed by atoms with Crippen LogP contribution >= 0.6 is 0 Å². The molecule has 0 saturated carbocycles. The van der Waals surface area contributed by atoms with E-state index in [0.29, 0.717) is 0 Å². The first-order valence-electron chi connectivity index (χ1n) is 22.8. The lowest BCUT2D eigenvalue weighted by molar-refractivity contribution is 0.590. The van der Waals surface area contributed by atoms with E-state index in [1.54, 1.807) is 0 Å². The van der Waals surface area contributed by atoms with Crippen molar-refractivity contribution < 1.29 is 0 Å². The maximum Gasteiger partial charge on any atom is 0.246 e. The van der Waals surface area contributed by atoms with Gasteiger partial charge >= 0.3 is 0 Å². The molecule has 2 aliphatic heterocycles. The molecule has 0 bridgehead atoms. The first-order chi connectivity index (χ1) is 29.3. The van der Waals surface area contributed by atoms with Crippen LogP contribution < -0.4 is 32.8 Å². The molecule has 0 unspecified atom stereocenters. The van der Waals surface area contributed by atoms with Gasteiger partial charge in [0.2, 0.25) is 13.4 Å². The van der Waals surface area contributed by atoms with Gasteiger partial charge in [0.25, 0.3) is 0 Å². The Labute approximate surface area is 369 Å². The molecule has 0 fully saturated rings. The molecule has 0 aliphatic carbocycles. The minimum absolute atomic E-state index is 0.0253. The molecule has 0 radical (unpaired) electrons. The summed E-state index contributed by atoms with van der Waals surface area (Å²) < 4.78 is 5.30. The number of aromatic nitrogens is 2. The third-order valence-electron chi connectivity index (χ3n) is 14.4. The first kappa shape index (κ1) is 39.1. The summed E-state index contributed by atoms with van der Waals surface area (Å²) in [5.74, 6) is 0. The molecular weight excluding hydrogens is 746 g/mol. The van der Waals surface area contributed by atoms with Gasteiger partial charge in [-0.2, -0.15) is 0 Å². The molecule has 62 heavy (non-hydrogen) atoms. The van der Waals surface area contributed by atoms with E-state index in [1.165, 1.54) is 110 Å². The van der Waals surface area contributed by atoms with Crippen LogP contribution in [0.15, 0.2) is 133 Å². The molecule has 4 heteroatoms. The predicted molar refractivity (Wildman–Crippen MR) is 272 cm³/mol. The molecule has 2 aromatic heterocycles. The molecular formula is C58H58B2N2. The predicted octanol–water partition coefficient (Wildman–Crippen LogP) is 10.7. The first-order valence-corrected chi connectivity index (χ1v) is 22.8. The van der Waals surface area contributed by atoms with Gasteiger partial charge in [0.05, 0.1) is 11.0 Å². The van der Waals surface area contributed by atoms with Crippen molar-refractivity contribution in [3.63, 3.8) is 0 Å². The van der Waals surface area contributed by atoms with Crippen molar-refractivity contribution in [3.05, 3.63) is 156 Å². The Morgan fingerprint density at radius 2 is 0.661 bits per heavy atom. The molecule has 0 spiro atoms. The minimum atomic E-state index is -0.0296. The summed E-state index contributed by atoms with van der Waals surface area (Å²) in [4.78, 5) is 0. The van der Waals surface area contributed by atoms with Gasteiger partial charge in [0, 0.05) is 44.0 Å². The van der Waals surface area contributed by atoms with E-state index in [9.17, 15) is 0 Å². The lowest BCUT2D eigenvalue weighted by Gasteiger charge is -2.34. The Morgan fingerprint density at radius 3 is 1.00 bits per heavy atom. The zero-order valence-corrected chi connectivity index (χ0v) is 38.8. The summed E-state index contributed by atoms with van der Waals surface area (Å²) in [6, 6.07) is 52.6. The van der Waals surface area contributed by atoms with Gasteiger partial charge in [-0.1, -0.05) is 179 Å². The van der Waals surface area contributed by atoms with Crippen molar-refractivity contribution in [2.45, 2.75) is 105 Å². The second-order valence-corrected chi connectivity index (χ2v) is 22.7. The van der Waals surface area contributed by atoms with Crippen LogP contribution in [0.2, 0.25) is 0 Å². The van der Waals surface area contributed by atoms with Crippen molar-refractivity contribution in [3.8, 4) is 11.4 Å². The molecule has 306 valence electrons. The van der Waals surface area contributed by atoms with Gasteiger partial charge in [-0.3, -0.25) is 0 Å². The molecule has 0 atom stereocenters. The normalized spacial score (nSPS) is 14.1. The topological polar surface area (TPSA) is 9.86 Å². The third-order valence-corrected chi connectivity index (χ3v) is 14.4. The molecule has 2 aliphatic rings. The Morgan fingerprint density at radius 1 is 0.323 bits per heavy atom. The average Bonchev–Trinajstić information content (AvgIpc) is 3.73. The van der Waals surface area contributed by atoms with Crippen molar-refractivity contribution >= 4 is 89.8 Å². The summed E-state index contributed by atoms with van der Waals surface area (Å²) in [7, 11) is 0. The fourth-order valence-electron chi connectivity index (χ4n) is 10.9. The van der Waals surface area contributed by atoms with Crippen LogP contribution in [0.4, 0.5) is 0 Å². The Balaban J connectivity index is 1.34. The van der Waals surface area contributed by atoms with Crippen molar-refractivity contribution in [1.82, 2.24) is 9.13 Å². The van der Waals surface area contributed by atoms with Crippen molar-refractivity contribution in [2.75, 3.05) is 0 Å². The second-order valence-electron chi connectivity index (χ2n) is 22.7. The number of hydrogen-bond donors (Lipinski definition) is 0. The van der Waals surface area contributed by atoms with E-state index in [4.69, 9.17) is 0 Å². The highest BCUT2D eigenvalue weighted by molar-refractivity contribution is 7.00. The molecule has 9 aromatic rings. The monoisotopic (exact) mass is 804 g/mol. The Kier molecular flexibility index (Phi) is 8.15. The Bertz CT molecular complexity index is 3090. The zero-order valence-electron chi connectivity index (χ0n) is 38.8. The molecule has 7 aromatic carbocycles. The van der Waals surface area contributed by atoms with E-state index < -0.39 is 0 Å².